The number of aliphatic hydroxyl groups is 1. The Balaban J connectivity index is 1.87. The van der Waals surface area contributed by atoms with E-state index in [2.05, 4.69) is 5.32 Å². The van der Waals surface area contributed by atoms with E-state index in [4.69, 9.17) is 10.00 Å². The van der Waals surface area contributed by atoms with Crippen LogP contribution >= 0.6 is 0 Å². The number of rotatable bonds is 5. The van der Waals surface area contributed by atoms with Gasteiger partial charge in [0.2, 0.25) is 0 Å². The fourth-order valence-electron chi connectivity index (χ4n) is 2.43. The van der Waals surface area contributed by atoms with Crippen molar-refractivity contribution in [2.45, 2.75) is 44.4 Å². The fourth-order valence-corrected chi connectivity index (χ4v) is 2.43. The number of aliphatic hydroxyl groups excluding tert-OH is 1. The molecule has 0 radical (unpaired) electrons. The second kappa shape index (κ2) is 7.13. The molecule has 1 aromatic carbocycles. The Hall–Kier alpha value is -1.57. The second-order valence-corrected chi connectivity index (χ2v) is 4.94. The van der Waals surface area contributed by atoms with Crippen LogP contribution in [-0.2, 0) is 6.54 Å². The van der Waals surface area contributed by atoms with Crippen molar-refractivity contribution in [3.05, 3.63) is 29.8 Å². The van der Waals surface area contributed by atoms with Gasteiger partial charge in [-0.05, 0) is 31.7 Å². The summed E-state index contributed by atoms with van der Waals surface area (Å²) in [6, 6.07) is 10.2. The number of hydrogen-bond acceptors (Lipinski definition) is 4. The van der Waals surface area contributed by atoms with Crippen molar-refractivity contribution in [1.29, 1.82) is 5.26 Å². The van der Waals surface area contributed by atoms with Gasteiger partial charge in [0.05, 0.1) is 6.10 Å². The zero-order valence-electron chi connectivity index (χ0n) is 11.0. The summed E-state index contributed by atoms with van der Waals surface area (Å²) in [5, 5.41) is 21.5. The maximum absolute atomic E-state index is 9.48. The van der Waals surface area contributed by atoms with E-state index in [1.165, 1.54) is 0 Å². The Morgan fingerprint density at radius 3 is 2.74 bits per heavy atom. The molecule has 2 rings (SSSR count). The zero-order chi connectivity index (χ0) is 13.5. The van der Waals surface area contributed by atoms with E-state index in [1.54, 1.807) is 0 Å². The Kier molecular flexibility index (Phi) is 5.20. The maximum atomic E-state index is 9.48. The van der Waals surface area contributed by atoms with Gasteiger partial charge in [-0.3, -0.25) is 0 Å². The van der Waals surface area contributed by atoms with Crippen molar-refractivity contribution in [1.82, 2.24) is 5.32 Å². The average Bonchev–Trinajstić information content (AvgIpc) is 2.45. The SMILES string of the molecule is N#CCOc1ccccc1CNC1CCC(O)CC1. The molecule has 0 aromatic heterocycles. The molecule has 19 heavy (non-hydrogen) atoms. The molecule has 4 nitrogen and oxygen atoms in total. The molecule has 0 heterocycles. The number of hydrogen-bond donors (Lipinski definition) is 2. The van der Waals surface area contributed by atoms with Gasteiger partial charge in [-0.1, -0.05) is 18.2 Å². The molecule has 0 unspecified atom stereocenters. The highest BCUT2D eigenvalue weighted by Gasteiger charge is 2.18. The van der Waals surface area contributed by atoms with Crippen LogP contribution in [0, 0.1) is 11.3 Å². The van der Waals surface area contributed by atoms with Crippen molar-refractivity contribution in [2.75, 3.05) is 6.61 Å². The third-order valence-electron chi connectivity index (χ3n) is 3.54. The standard InChI is InChI=1S/C15H20N2O2/c16-9-10-19-15-4-2-1-3-12(15)11-17-13-5-7-14(18)8-6-13/h1-4,13-14,17-18H,5-8,10-11H2. The van der Waals surface area contributed by atoms with Gasteiger partial charge >= 0.3 is 0 Å². The van der Waals surface area contributed by atoms with Crippen LogP contribution in [0.25, 0.3) is 0 Å². The third-order valence-corrected chi connectivity index (χ3v) is 3.54. The van der Waals surface area contributed by atoms with Gasteiger partial charge in [-0.15, -0.1) is 0 Å². The summed E-state index contributed by atoms with van der Waals surface area (Å²) in [5.74, 6) is 0.771. The lowest BCUT2D eigenvalue weighted by Crippen LogP contribution is -2.34. The minimum absolute atomic E-state index is 0.0760. The molecular formula is C15H20N2O2. The molecule has 102 valence electrons. The average molecular weight is 260 g/mol. The van der Waals surface area contributed by atoms with Crippen LogP contribution in [0.2, 0.25) is 0 Å². The molecular weight excluding hydrogens is 240 g/mol. The first-order valence-corrected chi connectivity index (χ1v) is 6.78. The topological polar surface area (TPSA) is 65.3 Å². The summed E-state index contributed by atoms with van der Waals surface area (Å²) >= 11 is 0. The van der Waals surface area contributed by atoms with Crippen molar-refractivity contribution in [2.24, 2.45) is 0 Å². The molecule has 1 aliphatic carbocycles. The van der Waals surface area contributed by atoms with Gasteiger partial charge in [-0.2, -0.15) is 5.26 Å². The number of nitrogens with zero attached hydrogens (tertiary/aromatic N) is 1. The fraction of sp³-hybridized carbons (Fsp3) is 0.533. The van der Waals surface area contributed by atoms with E-state index in [-0.39, 0.29) is 12.7 Å². The first kappa shape index (κ1) is 13.9. The van der Waals surface area contributed by atoms with E-state index in [9.17, 15) is 5.11 Å². The van der Waals surface area contributed by atoms with E-state index in [1.807, 2.05) is 30.3 Å². The molecule has 2 N–H and O–H groups in total. The second-order valence-electron chi connectivity index (χ2n) is 4.94. The number of ether oxygens (including phenoxy) is 1. The highest BCUT2D eigenvalue weighted by Crippen LogP contribution is 2.21. The van der Waals surface area contributed by atoms with Crippen LogP contribution in [-0.4, -0.2) is 23.9 Å². The lowest BCUT2D eigenvalue weighted by molar-refractivity contribution is 0.116. The number of benzene rings is 1. The highest BCUT2D eigenvalue weighted by molar-refractivity contribution is 5.33. The summed E-state index contributed by atoms with van der Waals surface area (Å²) < 4.78 is 5.40. The normalized spacial score (nSPS) is 22.7. The van der Waals surface area contributed by atoms with Gasteiger partial charge < -0.3 is 15.2 Å². The van der Waals surface area contributed by atoms with Gasteiger partial charge in [-0.25, -0.2) is 0 Å². The molecule has 1 saturated carbocycles. The number of nitriles is 1. The van der Waals surface area contributed by atoms with Crippen molar-refractivity contribution in [3.8, 4) is 11.8 Å². The Labute approximate surface area is 114 Å². The monoisotopic (exact) mass is 260 g/mol. The van der Waals surface area contributed by atoms with Crippen LogP contribution in [0.4, 0.5) is 0 Å². The largest absolute Gasteiger partial charge is 0.478 e. The summed E-state index contributed by atoms with van der Waals surface area (Å²) in [5.41, 5.74) is 1.07. The van der Waals surface area contributed by atoms with E-state index < -0.39 is 0 Å². The van der Waals surface area contributed by atoms with Gasteiger partial charge in [0.15, 0.2) is 6.61 Å². The minimum Gasteiger partial charge on any atom is -0.478 e. The molecule has 1 aromatic rings. The summed E-state index contributed by atoms with van der Waals surface area (Å²) in [4.78, 5) is 0. The van der Waals surface area contributed by atoms with Crippen LogP contribution < -0.4 is 10.1 Å². The van der Waals surface area contributed by atoms with Crippen LogP contribution in [0.3, 0.4) is 0 Å². The Morgan fingerprint density at radius 2 is 2.00 bits per heavy atom. The van der Waals surface area contributed by atoms with Crippen LogP contribution in [0.1, 0.15) is 31.2 Å². The molecule has 0 aliphatic heterocycles. The van der Waals surface area contributed by atoms with E-state index in [0.717, 1.165) is 43.5 Å². The zero-order valence-corrected chi connectivity index (χ0v) is 11.0. The third kappa shape index (κ3) is 4.23. The molecule has 0 atom stereocenters. The lowest BCUT2D eigenvalue weighted by Gasteiger charge is -2.26. The lowest BCUT2D eigenvalue weighted by atomic mass is 9.93. The molecule has 0 spiro atoms. The van der Waals surface area contributed by atoms with Crippen molar-refractivity contribution >= 4 is 0 Å². The van der Waals surface area contributed by atoms with Gasteiger partial charge in [0.25, 0.3) is 0 Å². The smallest absolute Gasteiger partial charge is 0.174 e. The van der Waals surface area contributed by atoms with Gasteiger partial charge in [0.1, 0.15) is 11.8 Å². The van der Waals surface area contributed by atoms with E-state index in [0.29, 0.717) is 6.04 Å². The Morgan fingerprint density at radius 1 is 1.26 bits per heavy atom. The maximum Gasteiger partial charge on any atom is 0.174 e. The summed E-state index contributed by atoms with van der Waals surface area (Å²) in [6.45, 7) is 0.814. The molecule has 1 aliphatic rings. The van der Waals surface area contributed by atoms with Crippen molar-refractivity contribution in [3.63, 3.8) is 0 Å². The van der Waals surface area contributed by atoms with Crippen molar-refractivity contribution < 1.29 is 9.84 Å². The van der Waals surface area contributed by atoms with E-state index >= 15 is 0 Å². The first-order chi connectivity index (χ1) is 9.29. The molecule has 4 heteroatoms. The molecule has 0 amide bonds. The van der Waals surface area contributed by atoms with Gasteiger partial charge in [0, 0.05) is 18.2 Å². The summed E-state index contributed by atoms with van der Waals surface area (Å²) in [6.07, 6.45) is 3.67. The van der Waals surface area contributed by atoms with Crippen LogP contribution in [0.5, 0.6) is 5.75 Å². The highest BCUT2D eigenvalue weighted by atomic mass is 16.5. The Bertz CT molecular complexity index is 434. The molecule has 1 fully saturated rings. The molecule has 0 saturated heterocycles. The quantitative estimate of drug-likeness (QED) is 0.849. The first-order valence-electron chi connectivity index (χ1n) is 6.78. The minimum atomic E-state index is -0.121. The predicted molar refractivity (Wildman–Crippen MR) is 72.7 cm³/mol. The van der Waals surface area contributed by atoms with Crippen LogP contribution in [0.15, 0.2) is 24.3 Å². The number of para-hydroxylation sites is 1. The summed E-state index contributed by atoms with van der Waals surface area (Å²) in [7, 11) is 0. The predicted octanol–water partition coefficient (Wildman–Crippen LogP) is 1.98. The molecule has 0 bridgehead atoms. The number of nitrogens with one attached hydrogen (secondary N) is 1.